The lowest BCUT2D eigenvalue weighted by Gasteiger charge is -2.13. The van der Waals surface area contributed by atoms with Crippen molar-refractivity contribution in [2.45, 2.75) is 6.92 Å². The van der Waals surface area contributed by atoms with Crippen molar-refractivity contribution in [3.05, 3.63) is 98.5 Å². The van der Waals surface area contributed by atoms with Crippen LogP contribution in [-0.4, -0.2) is 15.5 Å². The Bertz CT molecular complexity index is 1320. The van der Waals surface area contributed by atoms with Crippen LogP contribution >= 0.6 is 23.2 Å². The van der Waals surface area contributed by atoms with Crippen LogP contribution in [0.4, 0.5) is 5.69 Å². The van der Waals surface area contributed by atoms with Gasteiger partial charge in [-0.05, 0) is 55.5 Å². The number of carbonyl (C=O) groups excluding carboxylic acids is 1. The molecule has 1 amide bonds. The largest absolute Gasteiger partial charge is 0.322 e. The lowest BCUT2D eigenvalue weighted by Crippen LogP contribution is -2.22. The highest BCUT2D eigenvalue weighted by Gasteiger charge is 2.13. The molecule has 0 fully saturated rings. The Hall–Kier alpha value is -3.15. The molecule has 1 N–H and O–H groups in total. The first kappa shape index (κ1) is 19.2. The molecule has 1 heterocycles. The van der Waals surface area contributed by atoms with Gasteiger partial charge in [-0.25, -0.2) is 4.98 Å². The van der Waals surface area contributed by atoms with E-state index in [2.05, 4.69) is 10.3 Å². The van der Waals surface area contributed by atoms with E-state index in [1.54, 1.807) is 61.5 Å². The topological polar surface area (TPSA) is 64.0 Å². The highest BCUT2D eigenvalue weighted by molar-refractivity contribution is 6.37. The van der Waals surface area contributed by atoms with Crippen molar-refractivity contribution in [3.8, 4) is 5.69 Å². The zero-order chi connectivity index (χ0) is 20.5. The maximum Gasteiger partial charge on any atom is 0.265 e. The van der Waals surface area contributed by atoms with Crippen molar-refractivity contribution < 1.29 is 4.79 Å². The minimum Gasteiger partial charge on any atom is -0.322 e. The number of benzene rings is 3. The Labute approximate surface area is 176 Å². The summed E-state index contributed by atoms with van der Waals surface area (Å²) < 4.78 is 1.52. The molecule has 1 aromatic heterocycles. The SMILES string of the molecule is Cc1nc2ccccc2c(=O)n1-c1cccc(NC(=O)c2ccc(Cl)cc2Cl)c1. The molecule has 0 radical (unpaired) electrons. The summed E-state index contributed by atoms with van der Waals surface area (Å²) in [6.45, 7) is 1.77. The smallest absolute Gasteiger partial charge is 0.265 e. The summed E-state index contributed by atoms with van der Waals surface area (Å²) in [5.41, 5.74) is 1.91. The molecular weight excluding hydrogens is 409 g/mol. The number of aryl methyl sites for hydroxylation is 1. The summed E-state index contributed by atoms with van der Waals surface area (Å²) in [5, 5.41) is 4.04. The van der Waals surface area contributed by atoms with E-state index in [9.17, 15) is 9.59 Å². The average Bonchev–Trinajstić information content (AvgIpc) is 2.68. The third kappa shape index (κ3) is 3.75. The highest BCUT2D eigenvalue weighted by Crippen LogP contribution is 2.23. The van der Waals surface area contributed by atoms with Gasteiger partial charge in [-0.3, -0.25) is 14.2 Å². The molecule has 4 rings (SSSR count). The molecular formula is C22H15Cl2N3O2. The number of fused-ring (bicyclic) bond motifs is 1. The number of rotatable bonds is 3. The summed E-state index contributed by atoms with van der Waals surface area (Å²) in [5.74, 6) is 0.183. The van der Waals surface area contributed by atoms with Gasteiger partial charge in [-0.1, -0.05) is 41.4 Å². The summed E-state index contributed by atoms with van der Waals surface area (Å²) in [6, 6.07) is 18.9. The molecule has 3 aromatic carbocycles. The summed E-state index contributed by atoms with van der Waals surface area (Å²) >= 11 is 12.0. The van der Waals surface area contributed by atoms with Gasteiger partial charge < -0.3 is 5.32 Å². The van der Waals surface area contributed by atoms with Crippen molar-refractivity contribution in [1.82, 2.24) is 9.55 Å². The van der Waals surface area contributed by atoms with E-state index >= 15 is 0 Å². The van der Waals surface area contributed by atoms with Crippen molar-refractivity contribution in [1.29, 1.82) is 0 Å². The van der Waals surface area contributed by atoms with Gasteiger partial charge in [-0.2, -0.15) is 0 Å². The summed E-state index contributed by atoms with van der Waals surface area (Å²) in [6.07, 6.45) is 0. The lowest BCUT2D eigenvalue weighted by atomic mass is 10.2. The van der Waals surface area contributed by atoms with Crippen molar-refractivity contribution in [2.24, 2.45) is 0 Å². The Morgan fingerprint density at radius 1 is 1.00 bits per heavy atom. The molecule has 4 aromatic rings. The first-order valence-electron chi connectivity index (χ1n) is 8.79. The van der Waals surface area contributed by atoms with Crippen LogP contribution in [0.25, 0.3) is 16.6 Å². The van der Waals surface area contributed by atoms with Gasteiger partial charge in [0, 0.05) is 10.7 Å². The van der Waals surface area contributed by atoms with Gasteiger partial charge in [0.2, 0.25) is 0 Å². The van der Waals surface area contributed by atoms with E-state index in [0.29, 0.717) is 38.7 Å². The van der Waals surface area contributed by atoms with E-state index < -0.39 is 0 Å². The zero-order valence-corrected chi connectivity index (χ0v) is 16.8. The molecule has 0 atom stereocenters. The molecule has 7 heteroatoms. The third-order valence-corrected chi connectivity index (χ3v) is 5.03. The van der Waals surface area contributed by atoms with Gasteiger partial charge in [0.05, 0.1) is 27.2 Å². The van der Waals surface area contributed by atoms with Gasteiger partial charge in [0.15, 0.2) is 0 Å². The van der Waals surface area contributed by atoms with Gasteiger partial charge >= 0.3 is 0 Å². The quantitative estimate of drug-likeness (QED) is 0.489. The predicted octanol–water partition coefficient (Wildman–Crippen LogP) is 5.25. The number of aromatic nitrogens is 2. The Kier molecular flexibility index (Phi) is 5.09. The Morgan fingerprint density at radius 3 is 2.59 bits per heavy atom. The third-order valence-electron chi connectivity index (χ3n) is 4.48. The van der Waals surface area contributed by atoms with Crippen molar-refractivity contribution in [2.75, 3.05) is 5.32 Å². The van der Waals surface area contributed by atoms with E-state index in [-0.39, 0.29) is 16.5 Å². The number of anilines is 1. The van der Waals surface area contributed by atoms with Crippen LogP contribution in [0, 0.1) is 6.92 Å². The molecule has 29 heavy (non-hydrogen) atoms. The molecule has 144 valence electrons. The normalized spacial score (nSPS) is 10.9. The standard InChI is InChI=1S/C22H15Cl2N3O2/c1-13-25-20-8-3-2-7-18(20)22(29)27(13)16-6-4-5-15(12-16)26-21(28)17-10-9-14(23)11-19(17)24/h2-12H,1H3,(H,26,28). The van der Waals surface area contributed by atoms with E-state index in [4.69, 9.17) is 23.2 Å². The maximum atomic E-state index is 13.0. The monoisotopic (exact) mass is 423 g/mol. The van der Waals surface area contributed by atoms with Crippen molar-refractivity contribution >= 4 is 45.7 Å². The van der Waals surface area contributed by atoms with Crippen LogP contribution in [0.1, 0.15) is 16.2 Å². The van der Waals surface area contributed by atoms with E-state index in [1.807, 2.05) is 6.07 Å². The first-order valence-corrected chi connectivity index (χ1v) is 9.55. The molecule has 0 aliphatic carbocycles. The number of hydrogen-bond acceptors (Lipinski definition) is 3. The second-order valence-corrected chi connectivity index (χ2v) is 7.29. The molecule has 0 aliphatic heterocycles. The summed E-state index contributed by atoms with van der Waals surface area (Å²) in [4.78, 5) is 30.1. The highest BCUT2D eigenvalue weighted by atomic mass is 35.5. The number of amides is 1. The van der Waals surface area contributed by atoms with Crippen LogP contribution in [0.15, 0.2) is 71.5 Å². The molecule has 0 saturated carbocycles. The van der Waals surface area contributed by atoms with Crippen LogP contribution in [0.2, 0.25) is 10.0 Å². The fourth-order valence-corrected chi connectivity index (χ4v) is 3.64. The molecule has 0 bridgehead atoms. The Morgan fingerprint density at radius 2 is 1.79 bits per heavy atom. The predicted molar refractivity (Wildman–Crippen MR) is 116 cm³/mol. The zero-order valence-electron chi connectivity index (χ0n) is 15.3. The van der Waals surface area contributed by atoms with Crippen LogP contribution < -0.4 is 10.9 Å². The molecule has 0 unspecified atom stereocenters. The fourth-order valence-electron chi connectivity index (χ4n) is 3.14. The van der Waals surface area contributed by atoms with Crippen LogP contribution in [0.5, 0.6) is 0 Å². The molecule has 0 saturated heterocycles. The minimum atomic E-state index is -0.371. The van der Waals surface area contributed by atoms with Gasteiger partial charge in [-0.15, -0.1) is 0 Å². The summed E-state index contributed by atoms with van der Waals surface area (Å²) in [7, 11) is 0. The minimum absolute atomic E-state index is 0.169. The van der Waals surface area contributed by atoms with Crippen molar-refractivity contribution in [3.63, 3.8) is 0 Å². The first-order chi connectivity index (χ1) is 13.9. The van der Waals surface area contributed by atoms with Crippen LogP contribution in [0.3, 0.4) is 0 Å². The second kappa shape index (κ2) is 7.70. The number of para-hydroxylation sites is 1. The number of halogens is 2. The number of hydrogen-bond donors (Lipinski definition) is 1. The van der Waals surface area contributed by atoms with Gasteiger partial charge in [0.25, 0.3) is 11.5 Å². The number of carbonyl (C=O) groups is 1. The molecule has 0 aliphatic rings. The maximum absolute atomic E-state index is 13.0. The second-order valence-electron chi connectivity index (χ2n) is 6.45. The average molecular weight is 424 g/mol. The number of nitrogens with zero attached hydrogens (tertiary/aromatic N) is 2. The lowest BCUT2D eigenvalue weighted by molar-refractivity contribution is 0.102. The number of nitrogens with one attached hydrogen (secondary N) is 1. The van der Waals surface area contributed by atoms with E-state index in [1.165, 1.54) is 10.6 Å². The van der Waals surface area contributed by atoms with Crippen LogP contribution in [-0.2, 0) is 0 Å². The molecule has 5 nitrogen and oxygen atoms in total. The fraction of sp³-hybridized carbons (Fsp3) is 0.0455. The van der Waals surface area contributed by atoms with E-state index in [0.717, 1.165) is 0 Å². The molecule has 0 spiro atoms. The Balaban J connectivity index is 1.72. The van der Waals surface area contributed by atoms with Gasteiger partial charge in [0.1, 0.15) is 5.82 Å².